The lowest BCUT2D eigenvalue weighted by Gasteiger charge is -2.27. The maximum atomic E-state index is 13.6. The van der Waals surface area contributed by atoms with Gasteiger partial charge in [0, 0.05) is 18.2 Å². The number of aliphatic carboxylic acids is 1. The smallest absolute Gasteiger partial charge is 0.317 e. The van der Waals surface area contributed by atoms with E-state index in [0.29, 0.717) is 0 Å². The lowest BCUT2D eigenvalue weighted by Crippen LogP contribution is -2.37. The van der Waals surface area contributed by atoms with E-state index in [1.165, 1.54) is 12.1 Å². The minimum absolute atomic E-state index is 0.138. The summed E-state index contributed by atoms with van der Waals surface area (Å²) >= 11 is 0. The summed E-state index contributed by atoms with van der Waals surface area (Å²) in [4.78, 5) is 12.6. The van der Waals surface area contributed by atoms with Crippen LogP contribution in [-0.2, 0) is 11.3 Å². The highest BCUT2D eigenvalue weighted by atomic mass is 19.2. The number of hydrogen-bond donors (Lipinski definition) is 1. The van der Waals surface area contributed by atoms with Gasteiger partial charge in [-0.05, 0) is 18.9 Å². The summed E-state index contributed by atoms with van der Waals surface area (Å²) in [6.07, 6.45) is 3.97. The molecule has 0 aromatic heterocycles. The zero-order chi connectivity index (χ0) is 13.8. The molecule has 0 saturated heterocycles. The van der Waals surface area contributed by atoms with E-state index in [-0.39, 0.29) is 24.7 Å². The first-order valence-electron chi connectivity index (χ1n) is 6.46. The van der Waals surface area contributed by atoms with Crippen LogP contribution >= 0.6 is 0 Å². The van der Waals surface area contributed by atoms with E-state index in [4.69, 9.17) is 5.11 Å². The Morgan fingerprint density at radius 1 is 1.32 bits per heavy atom. The quantitative estimate of drug-likeness (QED) is 0.893. The van der Waals surface area contributed by atoms with Crippen LogP contribution in [0, 0.1) is 11.6 Å². The van der Waals surface area contributed by atoms with E-state index in [1.54, 1.807) is 4.90 Å². The number of carbonyl (C=O) groups is 1. The molecule has 104 valence electrons. The van der Waals surface area contributed by atoms with E-state index in [0.717, 1.165) is 31.7 Å². The predicted octanol–water partition coefficient (Wildman–Crippen LogP) is 2.79. The van der Waals surface area contributed by atoms with Crippen LogP contribution < -0.4 is 0 Å². The second kappa shape index (κ2) is 6.10. The molecule has 0 bridgehead atoms. The van der Waals surface area contributed by atoms with Gasteiger partial charge in [0.05, 0.1) is 6.54 Å². The Balaban J connectivity index is 2.14. The van der Waals surface area contributed by atoms with Gasteiger partial charge in [-0.3, -0.25) is 9.69 Å². The molecular formula is C14H17F2NO2. The molecular weight excluding hydrogens is 252 g/mol. The Morgan fingerprint density at radius 2 is 2.00 bits per heavy atom. The number of rotatable bonds is 5. The molecule has 5 heteroatoms. The summed E-state index contributed by atoms with van der Waals surface area (Å²) < 4.78 is 26.8. The van der Waals surface area contributed by atoms with Crippen molar-refractivity contribution in [3.63, 3.8) is 0 Å². The van der Waals surface area contributed by atoms with Gasteiger partial charge in [0.25, 0.3) is 0 Å². The van der Waals surface area contributed by atoms with Crippen LogP contribution in [0.4, 0.5) is 8.78 Å². The van der Waals surface area contributed by atoms with Gasteiger partial charge in [-0.15, -0.1) is 0 Å². The molecule has 1 saturated carbocycles. The normalized spacial score (nSPS) is 16.2. The summed E-state index contributed by atoms with van der Waals surface area (Å²) in [5, 5.41) is 8.94. The Bertz CT molecular complexity index is 459. The van der Waals surface area contributed by atoms with Crippen molar-refractivity contribution in [2.75, 3.05) is 6.54 Å². The number of nitrogens with zero attached hydrogens (tertiary/aromatic N) is 1. The molecule has 1 N–H and O–H groups in total. The largest absolute Gasteiger partial charge is 0.480 e. The summed E-state index contributed by atoms with van der Waals surface area (Å²) in [6, 6.07) is 4.17. The molecule has 1 aliphatic rings. The molecule has 0 aliphatic heterocycles. The van der Waals surface area contributed by atoms with Crippen LogP contribution in [0.1, 0.15) is 31.2 Å². The standard InChI is InChI=1S/C14H17F2NO2/c15-12-7-3-4-10(14(12)16)8-17(9-13(18)19)11-5-1-2-6-11/h3-4,7,11H,1-2,5-6,8-9H2,(H,18,19). The SMILES string of the molecule is O=C(O)CN(Cc1cccc(F)c1F)C1CCCC1. The highest BCUT2D eigenvalue weighted by Crippen LogP contribution is 2.25. The van der Waals surface area contributed by atoms with Gasteiger partial charge in [0.15, 0.2) is 11.6 Å². The van der Waals surface area contributed by atoms with Crippen molar-refractivity contribution in [2.24, 2.45) is 0 Å². The topological polar surface area (TPSA) is 40.5 Å². The molecule has 0 atom stereocenters. The molecule has 1 fully saturated rings. The molecule has 2 rings (SSSR count). The lowest BCUT2D eigenvalue weighted by molar-refractivity contribution is -0.139. The van der Waals surface area contributed by atoms with Gasteiger partial charge in [0.2, 0.25) is 0 Å². The van der Waals surface area contributed by atoms with Crippen molar-refractivity contribution in [3.05, 3.63) is 35.4 Å². The van der Waals surface area contributed by atoms with Crippen molar-refractivity contribution < 1.29 is 18.7 Å². The molecule has 0 heterocycles. The minimum atomic E-state index is -0.941. The number of hydrogen-bond acceptors (Lipinski definition) is 2. The third-order valence-corrected chi connectivity index (χ3v) is 3.58. The second-order valence-corrected chi connectivity index (χ2v) is 4.95. The predicted molar refractivity (Wildman–Crippen MR) is 66.7 cm³/mol. The van der Waals surface area contributed by atoms with Gasteiger partial charge in [-0.1, -0.05) is 25.0 Å². The van der Waals surface area contributed by atoms with Gasteiger partial charge in [-0.25, -0.2) is 8.78 Å². The third-order valence-electron chi connectivity index (χ3n) is 3.58. The summed E-state index contributed by atoms with van der Waals surface area (Å²) in [7, 11) is 0. The molecule has 19 heavy (non-hydrogen) atoms. The average molecular weight is 269 g/mol. The molecule has 1 aromatic carbocycles. The number of benzene rings is 1. The van der Waals surface area contributed by atoms with Crippen molar-refractivity contribution in [1.29, 1.82) is 0 Å². The Labute approximate surface area is 110 Å². The van der Waals surface area contributed by atoms with Gasteiger partial charge < -0.3 is 5.11 Å². The van der Waals surface area contributed by atoms with Crippen molar-refractivity contribution in [1.82, 2.24) is 4.90 Å². The van der Waals surface area contributed by atoms with Crippen LogP contribution in [-0.4, -0.2) is 28.6 Å². The number of carboxylic acid groups (broad SMARTS) is 1. The van der Waals surface area contributed by atoms with Gasteiger partial charge in [0.1, 0.15) is 0 Å². The lowest BCUT2D eigenvalue weighted by atomic mass is 10.1. The van der Waals surface area contributed by atoms with Crippen molar-refractivity contribution in [2.45, 2.75) is 38.3 Å². The van der Waals surface area contributed by atoms with Crippen molar-refractivity contribution in [3.8, 4) is 0 Å². The highest BCUT2D eigenvalue weighted by molar-refractivity contribution is 5.69. The molecule has 0 unspecified atom stereocenters. The minimum Gasteiger partial charge on any atom is -0.480 e. The first-order valence-corrected chi connectivity index (χ1v) is 6.46. The average Bonchev–Trinajstić information content (AvgIpc) is 2.87. The zero-order valence-corrected chi connectivity index (χ0v) is 10.6. The van der Waals surface area contributed by atoms with Crippen LogP contribution in [0.15, 0.2) is 18.2 Å². The maximum absolute atomic E-state index is 13.6. The summed E-state index contributed by atoms with van der Waals surface area (Å²) in [6.45, 7) is 0.00117. The van der Waals surface area contributed by atoms with Crippen LogP contribution in [0.2, 0.25) is 0 Å². The molecule has 0 radical (unpaired) electrons. The fourth-order valence-electron chi connectivity index (χ4n) is 2.65. The first kappa shape index (κ1) is 13.9. The van der Waals surface area contributed by atoms with Crippen LogP contribution in [0.5, 0.6) is 0 Å². The fourth-order valence-corrected chi connectivity index (χ4v) is 2.65. The molecule has 0 spiro atoms. The maximum Gasteiger partial charge on any atom is 0.317 e. The molecule has 0 amide bonds. The van der Waals surface area contributed by atoms with E-state index in [1.807, 2.05) is 0 Å². The second-order valence-electron chi connectivity index (χ2n) is 4.95. The zero-order valence-electron chi connectivity index (χ0n) is 10.6. The number of carboxylic acids is 1. The third kappa shape index (κ3) is 3.50. The highest BCUT2D eigenvalue weighted by Gasteiger charge is 2.25. The van der Waals surface area contributed by atoms with Crippen LogP contribution in [0.3, 0.4) is 0 Å². The Morgan fingerprint density at radius 3 is 2.63 bits per heavy atom. The Hall–Kier alpha value is -1.49. The van der Waals surface area contributed by atoms with E-state index in [9.17, 15) is 13.6 Å². The summed E-state index contributed by atoms with van der Waals surface area (Å²) in [5.41, 5.74) is 0.216. The fraction of sp³-hybridized carbons (Fsp3) is 0.500. The van der Waals surface area contributed by atoms with Gasteiger partial charge >= 0.3 is 5.97 Å². The molecule has 1 aliphatic carbocycles. The van der Waals surface area contributed by atoms with Crippen molar-refractivity contribution >= 4 is 5.97 Å². The van der Waals surface area contributed by atoms with Gasteiger partial charge in [-0.2, -0.15) is 0 Å². The van der Waals surface area contributed by atoms with E-state index < -0.39 is 17.6 Å². The Kier molecular flexibility index (Phi) is 4.47. The number of halogens is 2. The molecule has 1 aromatic rings. The summed E-state index contributed by atoms with van der Waals surface area (Å²) in [5.74, 6) is -2.71. The molecule has 3 nitrogen and oxygen atoms in total. The van der Waals surface area contributed by atoms with E-state index >= 15 is 0 Å². The first-order chi connectivity index (χ1) is 9.08. The van der Waals surface area contributed by atoms with Crippen LogP contribution in [0.25, 0.3) is 0 Å². The monoisotopic (exact) mass is 269 g/mol. The van der Waals surface area contributed by atoms with E-state index in [2.05, 4.69) is 0 Å².